The number of phosphoric ester groups is 1. The van der Waals surface area contributed by atoms with Crippen LogP contribution in [0.2, 0.25) is 0 Å². The fourth-order valence-electron chi connectivity index (χ4n) is 2.59. The van der Waals surface area contributed by atoms with Gasteiger partial charge in [-0.05, 0) is 31.7 Å². The van der Waals surface area contributed by atoms with Gasteiger partial charge in [-0.15, -0.1) is 0 Å². The molecule has 2 atom stereocenters. The zero-order valence-corrected chi connectivity index (χ0v) is 15.2. The van der Waals surface area contributed by atoms with Crippen LogP contribution in [0.15, 0.2) is 24.3 Å². The first kappa shape index (κ1) is 20.6. The molecule has 1 aromatic carbocycles. The monoisotopic (exact) mass is 361 g/mol. The van der Waals surface area contributed by atoms with E-state index in [1.807, 2.05) is 27.7 Å². The Morgan fingerprint density at radius 3 is 2.46 bits per heavy atom. The topological polar surface area (TPSA) is 95.9 Å². The van der Waals surface area contributed by atoms with Crippen molar-refractivity contribution >= 4 is 13.7 Å². The second-order valence-corrected chi connectivity index (χ2v) is 7.65. The highest BCUT2D eigenvalue weighted by atomic mass is 31.2. The molecule has 0 radical (unpaired) electrons. The van der Waals surface area contributed by atoms with Crippen molar-refractivity contribution in [3.05, 3.63) is 29.8 Å². The summed E-state index contributed by atoms with van der Waals surface area (Å²) in [7, 11) is -4.85. The molecule has 0 heterocycles. The first-order chi connectivity index (χ1) is 11.0. The summed E-state index contributed by atoms with van der Waals surface area (Å²) in [5.74, 6) is -0.893. The van der Waals surface area contributed by atoms with E-state index in [0.717, 1.165) is 0 Å². The highest BCUT2D eigenvalue weighted by molar-refractivity contribution is 7.46. The van der Waals surface area contributed by atoms with Gasteiger partial charge in [-0.1, -0.05) is 39.0 Å². The van der Waals surface area contributed by atoms with Crippen molar-refractivity contribution in [2.75, 3.05) is 0 Å². The summed E-state index contributed by atoms with van der Waals surface area (Å²) in [6, 6.07) is 5.38. The van der Waals surface area contributed by atoms with Crippen molar-refractivity contribution in [1.82, 2.24) is 5.32 Å². The maximum atomic E-state index is 14.6. The maximum absolute atomic E-state index is 14.6. The number of benzene rings is 1. The Kier molecular flexibility index (Phi) is 6.96. The van der Waals surface area contributed by atoms with Gasteiger partial charge in [0.05, 0.1) is 0 Å². The van der Waals surface area contributed by atoms with Crippen LogP contribution in [-0.2, 0) is 9.36 Å². The van der Waals surface area contributed by atoms with E-state index in [0.29, 0.717) is 18.8 Å². The van der Waals surface area contributed by atoms with Crippen LogP contribution < -0.4 is 9.84 Å². The molecule has 1 amide bonds. The van der Waals surface area contributed by atoms with E-state index in [9.17, 15) is 13.8 Å². The third-order valence-electron chi connectivity index (χ3n) is 3.70. The number of hydrogen-bond donors (Lipinski definition) is 3. The zero-order valence-electron chi connectivity index (χ0n) is 14.3. The highest BCUT2D eigenvalue weighted by Gasteiger charge is 2.32. The molecule has 2 unspecified atom stereocenters. The Labute approximate surface area is 141 Å². The van der Waals surface area contributed by atoms with Crippen LogP contribution in [0.4, 0.5) is 4.39 Å². The number of nitrogens with one attached hydrogen (secondary N) is 1. The number of carbonyl (C=O) groups excluding carboxylic acids is 1. The van der Waals surface area contributed by atoms with E-state index < -0.39 is 25.4 Å². The standard InChI is InChI=1S/C16H25FNO5P/c1-5-16(4,10-11(2)3)18-15(19)14(17)12-8-6-7-9-13(12)23-24(20,21)22/h6-9,11,14H,5,10H2,1-4H3,(H,18,19)(H2,20,21,22). The van der Waals surface area contributed by atoms with Gasteiger partial charge in [-0.25, -0.2) is 8.96 Å². The Hall–Kier alpha value is -1.43. The van der Waals surface area contributed by atoms with Gasteiger partial charge in [0.1, 0.15) is 5.75 Å². The molecular weight excluding hydrogens is 336 g/mol. The molecule has 0 aliphatic rings. The first-order valence-corrected chi connectivity index (χ1v) is 9.30. The molecule has 0 aliphatic carbocycles. The van der Waals surface area contributed by atoms with Crippen LogP contribution in [0.5, 0.6) is 5.75 Å². The Balaban J connectivity index is 2.99. The minimum atomic E-state index is -4.85. The van der Waals surface area contributed by atoms with Crippen molar-refractivity contribution < 1.29 is 28.1 Å². The van der Waals surface area contributed by atoms with E-state index in [-0.39, 0.29) is 11.3 Å². The average Bonchev–Trinajstić information content (AvgIpc) is 2.44. The summed E-state index contributed by atoms with van der Waals surface area (Å²) in [6.45, 7) is 7.77. The van der Waals surface area contributed by atoms with Gasteiger partial charge < -0.3 is 9.84 Å². The van der Waals surface area contributed by atoms with Crippen LogP contribution in [0.25, 0.3) is 0 Å². The van der Waals surface area contributed by atoms with Gasteiger partial charge in [0.15, 0.2) is 0 Å². The lowest BCUT2D eigenvalue weighted by molar-refractivity contribution is -0.128. The maximum Gasteiger partial charge on any atom is 0.524 e. The van der Waals surface area contributed by atoms with E-state index in [1.54, 1.807) is 0 Å². The number of halogens is 1. The lowest BCUT2D eigenvalue weighted by Crippen LogP contribution is -2.47. The van der Waals surface area contributed by atoms with Gasteiger partial charge in [0.2, 0.25) is 6.17 Å². The molecule has 8 heteroatoms. The molecular formula is C16H25FNO5P. The van der Waals surface area contributed by atoms with Crippen LogP contribution in [0.3, 0.4) is 0 Å². The fraction of sp³-hybridized carbons (Fsp3) is 0.562. The van der Waals surface area contributed by atoms with Crippen LogP contribution >= 0.6 is 7.82 Å². The fourth-order valence-corrected chi connectivity index (χ4v) is 3.01. The Morgan fingerprint density at radius 2 is 1.96 bits per heavy atom. The molecule has 0 spiro atoms. The SMILES string of the molecule is CCC(C)(CC(C)C)NC(=O)C(F)c1ccccc1OP(=O)(O)O. The summed E-state index contributed by atoms with van der Waals surface area (Å²) in [5.41, 5.74) is -0.782. The van der Waals surface area contributed by atoms with Gasteiger partial charge >= 0.3 is 7.82 Å². The van der Waals surface area contributed by atoms with E-state index in [2.05, 4.69) is 9.84 Å². The second-order valence-electron chi connectivity index (χ2n) is 6.48. The summed E-state index contributed by atoms with van der Waals surface area (Å²) in [6.07, 6.45) is -0.780. The summed E-state index contributed by atoms with van der Waals surface area (Å²) in [5, 5.41) is 2.70. The number of amides is 1. The van der Waals surface area contributed by atoms with Gasteiger partial charge in [-0.3, -0.25) is 14.6 Å². The van der Waals surface area contributed by atoms with E-state index in [1.165, 1.54) is 24.3 Å². The average molecular weight is 361 g/mol. The smallest absolute Gasteiger partial charge is 0.404 e. The Morgan fingerprint density at radius 1 is 1.38 bits per heavy atom. The van der Waals surface area contributed by atoms with E-state index in [4.69, 9.17) is 9.79 Å². The summed E-state index contributed by atoms with van der Waals surface area (Å²) in [4.78, 5) is 30.1. The second kappa shape index (κ2) is 8.10. The number of alkyl halides is 1. The molecule has 0 saturated heterocycles. The number of carbonyl (C=O) groups is 1. The molecule has 3 N–H and O–H groups in total. The number of hydrogen-bond acceptors (Lipinski definition) is 3. The van der Waals surface area contributed by atoms with E-state index >= 15 is 0 Å². The van der Waals surface area contributed by atoms with Crippen molar-refractivity contribution in [3.8, 4) is 5.75 Å². The molecule has 136 valence electrons. The molecule has 0 aromatic heterocycles. The minimum Gasteiger partial charge on any atom is -0.404 e. The quantitative estimate of drug-likeness (QED) is 0.616. The van der Waals surface area contributed by atoms with Gasteiger partial charge in [0.25, 0.3) is 5.91 Å². The molecule has 1 rings (SSSR count). The van der Waals surface area contributed by atoms with Crippen LogP contribution in [0, 0.1) is 5.92 Å². The predicted molar refractivity (Wildman–Crippen MR) is 89.3 cm³/mol. The predicted octanol–water partition coefficient (Wildman–Crippen LogP) is 3.50. The van der Waals surface area contributed by atoms with Crippen molar-refractivity contribution in [2.24, 2.45) is 5.92 Å². The lowest BCUT2D eigenvalue weighted by atomic mass is 9.88. The lowest BCUT2D eigenvalue weighted by Gasteiger charge is -2.32. The zero-order chi connectivity index (χ0) is 18.5. The Bertz CT molecular complexity index is 618. The van der Waals surface area contributed by atoms with Gasteiger partial charge in [0, 0.05) is 11.1 Å². The third-order valence-corrected chi connectivity index (χ3v) is 4.14. The van der Waals surface area contributed by atoms with Crippen LogP contribution in [0.1, 0.15) is 52.3 Å². The largest absolute Gasteiger partial charge is 0.524 e. The number of rotatable bonds is 8. The molecule has 24 heavy (non-hydrogen) atoms. The number of para-hydroxylation sites is 1. The number of phosphoric acid groups is 1. The van der Waals surface area contributed by atoms with Crippen molar-refractivity contribution in [2.45, 2.75) is 52.2 Å². The normalized spacial score (nSPS) is 15.7. The molecule has 0 saturated carbocycles. The molecule has 1 aromatic rings. The minimum absolute atomic E-state index is 0.221. The van der Waals surface area contributed by atoms with Crippen molar-refractivity contribution in [1.29, 1.82) is 0 Å². The molecule has 0 aliphatic heterocycles. The molecule has 0 fully saturated rings. The van der Waals surface area contributed by atoms with Gasteiger partial charge in [-0.2, -0.15) is 0 Å². The third kappa shape index (κ3) is 6.23. The first-order valence-electron chi connectivity index (χ1n) is 7.77. The molecule has 0 bridgehead atoms. The highest BCUT2D eigenvalue weighted by Crippen LogP contribution is 2.41. The van der Waals surface area contributed by atoms with Crippen molar-refractivity contribution in [3.63, 3.8) is 0 Å². The summed E-state index contributed by atoms with van der Waals surface area (Å²) >= 11 is 0. The van der Waals surface area contributed by atoms with Crippen LogP contribution in [-0.4, -0.2) is 21.2 Å². The summed E-state index contributed by atoms with van der Waals surface area (Å²) < 4.78 is 30.1. The molecule has 6 nitrogen and oxygen atoms in total.